The summed E-state index contributed by atoms with van der Waals surface area (Å²) in [4.78, 5) is 43.8. The first-order chi connectivity index (χ1) is 21.5. The second-order valence-electron chi connectivity index (χ2n) is 10.9. The predicted molar refractivity (Wildman–Crippen MR) is 162 cm³/mol. The van der Waals surface area contributed by atoms with Crippen molar-refractivity contribution in [3.63, 3.8) is 0 Å². The topological polar surface area (TPSA) is 129 Å². The molecule has 0 saturated carbocycles. The summed E-state index contributed by atoms with van der Waals surface area (Å²) in [6, 6.07) is 3.23. The Morgan fingerprint density at radius 3 is 1.84 bits per heavy atom. The molecule has 1 spiro atoms. The van der Waals surface area contributed by atoms with Crippen LogP contribution in [0.4, 0.5) is 0 Å². The fraction of sp³-hybridized carbons (Fsp3) is 0.324. The van der Waals surface area contributed by atoms with Crippen molar-refractivity contribution in [1.29, 1.82) is 0 Å². The van der Waals surface area contributed by atoms with Crippen LogP contribution >= 0.6 is 0 Å². The molecule has 3 aromatic rings. The number of Topliss-reactive ketones (excluding diaryl/α,β-unsaturated/α-hetero) is 3. The van der Waals surface area contributed by atoms with Crippen molar-refractivity contribution in [2.75, 3.05) is 42.7 Å². The van der Waals surface area contributed by atoms with E-state index in [1.54, 1.807) is 32.9 Å². The standard InChI is InChI=1S/C34H32O11/c1-13-24(35)21-17-11-19(38-5)29(41-8)15(3)27(17)45-34(23(21)25(36)31(13)42-9)22-18-12-20(39-6)28(40-7)14(2)26(18)44-30(22)16(4)32(43-10)33(34)37/h11-12H,1-10H3. The first-order valence-corrected chi connectivity index (χ1v) is 14.0. The lowest BCUT2D eigenvalue weighted by atomic mass is 9.67. The lowest BCUT2D eigenvalue weighted by molar-refractivity contribution is -0.135. The Bertz CT molecular complexity index is 1980. The van der Waals surface area contributed by atoms with Crippen LogP contribution < -0.4 is 23.7 Å². The Kier molecular flexibility index (Phi) is 6.76. The minimum atomic E-state index is -2.25. The van der Waals surface area contributed by atoms with Gasteiger partial charge in [0.2, 0.25) is 11.4 Å². The molecule has 1 aliphatic heterocycles. The van der Waals surface area contributed by atoms with E-state index in [2.05, 4.69) is 0 Å². The molecular formula is C34H32O11. The molecule has 2 aromatic carbocycles. The van der Waals surface area contributed by atoms with E-state index in [0.717, 1.165) is 0 Å². The molecule has 0 saturated heterocycles. The van der Waals surface area contributed by atoms with Gasteiger partial charge in [-0.25, -0.2) is 0 Å². The second kappa shape index (κ2) is 10.2. The van der Waals surface area contributed by atoms with Gasteiger partial charge in [0.25, 0.3) is 5.78 Å². The normalized spacial score (nSPS) is 19.0. The molecule has 0 radical (unpaired) electrons. The number of hydrogen-bond acceptors (Lipinski definition) is 11. The van der Waals surface area contributed by atoms with Gasteiger partial charge >= 0.3 is 0 Å². The number of rotatable bonds is 6. The van der Waals surface area contributed by atoms with Crippen LogP contribution in [-0.4, -0.2) is 60.0 Å². The summed E-state index contributed by atoms with van der Waals surface area (Å²) in [6.45, 7) is 6.69. The highest BCUT2D eigenvalue weighted by atomic mass is 16.5. The van der Waals surface area contributed by atoms with Crippen LogP contribution in [0.1, 0.15) is 41.9 Å². The molecule has 1 unspecified atom stereocenters. The van der Waals surface area contributed by atoms with Crippen LogP contribution in [0.3, 0.4) is 0 Å². The quantitative estimate of drug-likeness (QED) is 0.341. The molecule has 0 bridgehead atoms. The smallest absolute Gasteiger partial charge is 0.250 e. The third-order valence-electron chi connectivity index (χ3n) is 8.83. The van der Waals surface area contributed by atoms with Crippen molar-refractivity contribution in [2.45, 2.75) is 33.3 Å². The molecule has 1 aromatic heterocycles. The number of hydrogen-bond donors (Lipinski definition) is 0. The Balaban J connectivity index is 1.87. The second-order valence-corrected chi connectivity index (χ2v) is 10.9. The number of methoxy groups -OCH3 is 6. The predicted octanol–water partition coefficient (Wildman–Crippen LogP) is 5.16. The summed E-state index contributed by atoms with van der Waals surface area (Å²) < 4.78 is 47.0. The summed E-state index contributed by atoms with van der Waals surface area (Å²) in [5.74, 6) is -0.391. The highest BCUT2D eigenvalue weighted by Gasteiger charge is 2.63. The van der Waals surface area contributed by atoms with Crippen molar-refractivity contribution in [3.05, 3.63) is 62.8 Å². The molecular weight excluding hydrogens is 584 g/mol. The van der Waals surface area contributed by atoms with E-state index in [9.17, 15) is 14.4 Å². The Labute approximate surface area is 258 Å². The van der Waals surface area contributed by atoms with Gasteiger partial charge in [0, 0.05) is 38.8 Å². The summed E-state index contributed by atoms with van der Waals surface area (Å²) >= 11 is 0. The molecule has 11 heteroatoms. The maximum atomic E-state index is 15.0. The summed E-state index contributed by atoms with van der Waals surface area (Å²) in [7, 11) is 8.57. The highest BCUT2D eigenvalue weighted by Crippen LogP contribution is 2.59. The number of fused-ring (bicyclic) bond motifs is 7. The largest absolute Gasteiger partial charge is 0.493 e. The van der Waals surface area contributed by atoms with Gasteiger partial charge in [-0.2, -0.15) is 0 Å². The van der Waals surface area contributed by atoms with Crippen molar-refractivity contribution < 1.29 is 52.0 Å². The summed E-state index contributed by atoms with van der Waals surface area (Å²) in [5, 5.41) is 0.418. The molecule has 0 N–H and O–H groups in total. The van der Waals surface area contributed by atoms with E-state index in [0.29, 0.717) is 50.7 Å². The lowest BCUT2D eigenvalue weighted by Crippen LogP contribution is -2.52. The van der Waals surface area contributed by atoms with E-state index in [1.807, 2.05) is 0 Å². The molecule has 11 nitrogen and oxygen atoms in total. The average molecular weight is 617 g/mol. The monoisotopic (exact) mass is 616 g/mol. The zero-order chi connectivity index (χ0) is 32.7. The molecule has 0 amide bonds. The molecule has 2 heterocycles. The molecule has 45 heavy (non-hydrogen) atoms. The van der Waals surface area contributed by atoms with Gasteiger partial charge in [-0.15, -0.1) is 0 Å². The number of benzene rings is 2. The maximum Gasteiger partial charge on any atom is 0.250 e. The third-order valence-corrected chi connectivity index (χ3v) is 8.83. The Morgan fingerprint density at radius 1 is 0.667 bits per heavy atom. The van der Waals surface area contributed by atoms with Crippen molar-refractivity contribution in [3.8, 4) is 28.7 Å². The Morgan fingerprint density at radius 2 is 1.27 bits per heavy atom. The average Bonchev–Trinajstić information content (AvgIpc) is 3.43. The maximum absolute atomic E-state index is 15.0. The molecule has 2 aliphatic carbocycles. The van der Waals surface area contributed by atoms with E-state index in [-0.39, 0.29) is 50.9 Å². The van der Waals surface area contributed by atoms with Crippen LogP contribution in [0.2, 0.25) is 0 Å². The van der Waals surface area contributed by atoms with Crippen molar-refractivity contribution >= 4 is 39.5 Å². The van der Waals surface area contributed by atoms with Gasteiger partial charge in [-0.3, -0.25) is 14.4 Å². The molecule has 3 aliphatic rings. The first-order valence-electron chi connectivity index (χ1n) is 14.0. The van der Waals surface area contributed by atoms with Gasteiger partial charge in [0.15, 0.2) is 40.3 Å². The summed E-state index contributed by atoms with van der Waals surface area (Å²) in [5.41, 5.74) is -0.152. The van der Waals surface area contributed by atoms with Crippen LogP contribution in [0.25, 0.3) is 22.1 Å². The van der Waals surface area contributed by atoms with Crippen molar-refractivity contribution in [1.82, 2.24) is 0 Å². The minimum absolute atomic E-state index is 0.0237. The number of carbonyl (C=O) groups is 3. The van der Waals surface area contributed by atoms with Gasteiger partial charge in [0.1, 0.15) is 17.1 Å². The van der Waals surface area contributed by atoms with Gasteiger partial charge in [-0.05, 0) is 39.8 Å². The fourth-order valence-corrected chi connectivity index (χ4v) is 6.81. The van der Waals surface area contributed by atoms with Gasteiger partial charge in [-0.1, -0.05) is 0 Å². The molecule has 1 atom stereocenters. The number of aryl methyl sites for hydroxylation is 1. The fourth-order valence-electron chi connectivity index (χ4n) is 6.81. The third kappa shape index (κ3) is 3.54. The number of carbonyl (C=O) groups excluding carboxylic acids is 3. The lowest BCUT2D eigenvalue weighted by Gasteiger charge is -2.43. The molecule has 0 fully saturated rings. The highest BCUT2D eigenvalue weighted by molar-refractivity contribution is 6.42. The van der Waals surface area contributed by atoms with E-state index < -0.39 is 23.0 Å². The zero-order valence-corrected chi connectivity index (χ0v) is 26.6. The number of ketones is 3. The molecule has 6 rings (SSSR count). The number of allylic oxidation sites excluding steroid dienone is 4. The van der Waals surface area contributed by atoms with Crippen LogP contribution in [0.5, 0.6) is 28.7 Å². The Hall–Kier alpha value is -5.19. The summed E-state index contributed by atoms with van der Waals surface area (Å²) in [6.07, 6.45) is 0. The van der Waals surface area contributed by atoms with E-state index in [1.165, 1.54) is 49.6 Å². The van der Waals surface area contributed by atoms with E-state index >= 15 is 0 Å². The molecule has 234 valence electrons. The van der Waals surface area contributed by atoms with Crippen LogP contribution in [0.15, 0.2) is 39.2 Å². The first kappa shape index (κ1) is 29.9. The SMILES string of the molecule is COC1=C(C)C(=O)C2=C(C1=O)C1(Oc3c2cc(OC)c(OC)c3C)C(=O)C(OC)=C(C)c2oc3c(C)c(OC)c(OC)cc3c21. The number of ether oxygens (including phenoxy) is 7. The van der Waals surface area contributed by atoms with Gasteiger partial charge in [0.05, 0.1) is 53.8 Å². The zero-order valence-electron chi connectivity index (χ0n) is 26.6. The van der Waals surface area contributed by atoms with Crippen molar-refractivity contribution in [2.24, 2.45) is 0 Å². The number of furan rings is 1. The van der Waals surface area contributed by atoms with E-state index in [4.69, 9.17) is 37.6 Å². The van der Waals surface area contributed by atoms with Crippen LogP contribution in [-0.2, 0) is 29.5 Å². The minimum Gasteiger partial charge on any atom is -0.493 e. The van der Waals surface area contributed by atoms with Gasteiger partial charge < -0.3 is 37.6 Å². The van der Waals surface area contributed by atoms with Crippen LogP contribution in [0, 0.1) is 13.8 Å².